The molecule has 0 aliphatic rings. The average molecular weight is 234 g/mol. The molecule has 1 rings (SSSR count). The van der Waals surface area contributed by atoms with E-state index in [0.717, 1.165) is 17.9 Å². The van der Waals surface area contributed by atoms with Gasteiger partial charge in [-0.1, -0.05) is 32.4 Å². The Morgan fingerprint density at radius 3 is 2.76 bits per heavy atom. The predicted octanol–water partition coefficient (Wildman–Crippen LogP) is 3.09. The smallest absolute Gasteiger partial charge is 0.122 e. The summed E-state index contributed by atoms with van der Waals surface area (Å²) in [5.74, 6) is 1.47. The second-order valence-electron chi connectivity index (χ2n) is 4.60. The molecule has 0 bridgehead atoms. The molecular weight excluding hydrogens is 212 g/mol. The van der Waals surface area contributed by atoms with Crippen molar-refractivity contribution in [1.82, 2.24) is 0 Å². The zero-order valence-electron chi connectivity index (χ0n) is 10.9. The van der Waals surface area contributed by atoms with Gasteiger partial charge in [0.05, 0.1) is 6.61 Å². The highest BCUT2D eigenvalue weighted by Crippen LogP contribution is 2.20. The summed E-state index contributed by atoms with van der Waals surface area (Å²) in [6.45, 7) is 7.09. The number of hydrogen-bond acceptors (Lipinski definition) is 2. The second kappa shape index (κ2) is 6.28. The Labute approximate surface area is 103 Å². The summed E-state index contributed by atoms with van der Waals surface area (Å²) >= 11 is 0. The summed E-state index contributed by atoms with van der Waals surface area (Å²) in [4.78, 5) is 0. The molecule has 0 fully saturated rings. The van der Waals surface area contributed by atoms with Gasteiger partial charge in [0.1, 0.15) is 11.6 Å². The molecule has 3 N–H and O–H groups in total. The highest BCUT2D eigenvalue weighted by molar-refractivity contribution is 5.95. The zero-order chi connectivity index (χ0) is 12.8. The second-order valence-corrected chi connectivity index (χ2v) is 4.60. The van der Waals surface area contributed by atoms with Crippen LogP contribution in [-0.4, -0.2) is 12.4 Å². The van der Waals surface area contributed by atoms with Gasteiger partial charge >= 0.3 is 0 Å². The maximum absolute atomic E-state index is 7.41. The molecule has 3 nitrogen and oxygen atoms in total. The van der Waals surface area contributed by atoms with Gasteiger partial charge in [0, 0.05) is 5.56 Å². The summed E-state index contributed by atoms with van der Waals surface area (Å²) in [6, 6.07) is 5.63. The van der Waals surface area contributed by atoms with Crippen LogP contribution in [0.3, 0.4) is 0 Å². The predicted molar refractivity (Wildman–Crippen MR) is 71.8 cm³/mol. The Kier molecular flexibility index (Phi) is 5.01. The van der Waals surface area contributed by atoms with Gasteiger partial charge in [-0.2, -0.15) is 0 Å². The van der Waals surface area contributed by atoms with Crippen LogP contribution in [0.1, 0.15) is 37.8 Å². The van der Waals surface area contributed by atoms with E-state index in [1.165, 1.54) is 12.8 Å². The van der Waals surface area contributed by atoms with Crippen molar-refractivity contribution in [2.75, 3.05) is 6.61 Å². The number of amidine groups is 1. The molecule has 0 saturated heterocycles. The van der Waals surface area contributed by atoms with Crippen molar-refractivity contribution >= 4 is 5.84 Å². The van der Waals surface area contributed by atoms with Gasteiger partial charge in [-0.25, -0.2) is 0 Å². The number of hydrogen-bond donors (Lipinski definition) is 2. The normalized spacial score (nSPS) is 12.2. The lowest BCUT2D eigenvalue weighted by atomic mass is 10.1. The molecule has 94 valence electrons. The van der Waals surface area contributed by atoms with E-state index in [4.69, 9.17) is 15.9 Å². The third kappa shape index (κ3) is 4.10. The van der Waals surface area contributed by atoms with Crippen molar-refractivity contribution in [3.8, 4) is 5.75 Å². The quantitative estimate of drug-likeness (QED) is 0.587. The van der Waals surface area contributed by atoms with E-state index in [-0.39, 0.29) is 5.84 Å². The van der Waals surface area contributed by atoms with Gasteiger partial charge in [0.25, 0.3) is 0 Å². The Bertz CT molecular complexity index is 388. The van der Waals surface area contributed by atoms with Crippen molar-refractivity contribution in [3.05, 3.63) is 29.3 Å². The van der Waals surface area contributed by atoms with Crippen LogP contribution in [0.4, 0.5) is 0 Å². The molecule has 1 aromatic rings. The molecule has 0 aliphatic carbocycles. The molecule has 0 aliphatic heterocycles. The van der Waals surface area contributed by atoms with Gasteiger partial charge in [0.15, 0.2) is 0 Å². The summed E-state index contributed by atoms with van der Waals surface area (Å²) in [7, 11) is 0. The molecule has 0 heterocycles. The highest BCUT2D eigenvalue weighted by atomic mass is 16.5. The number of rotatable bonds is 6. The Morgan fingerprint density at radius 1 is 1.47 bits per heavy atom. The molecule has 0 saturated carbocycles. The Morgan fingerprint density at radius 2 is 2.18 bits per heavy atom. The van der Waals surface area contributed by atoms with Gasteiger partial charge in [-0.3, -0.25) is 5.41 Å². The van der Waals surface area contributed by atoms with Crippen LogP contribution in [-0.2, 0) is 0 Å². The third-order valence-corrected chi connectivity index (χ3v) is 2.80. The standard InChI is InChI=1S/C14H22N2O/c1-4-5-10(2)9-17-13-8-12(14(15)16)7-6-11(13)3/h6-8,10H,4-5,9H2,1-3H3,(H3,15,16). The molecule has 0 radical (unpaired) electrons. The van der Waals surface area contributed by atoms with Crippen LogP contribution in [0.2, 0.25) is 0 Å². The van der Waals surface area contributed by atoms with Crippen LogP contribution < -0.4 is 10.5 Å². The van der Waals surface area contributed by atoms with Crippen LogP contribution in [0, 0.1) is 18.3 Å². The molecule has 1 atom stereocenters. The summed E-state index contributed by atoms with van der Waals surface area (Å²) in [5.41, 5.74) is 7.26. The van der Waals surface area contributed by atoms with Crippen molar-refractivity contribution in [1.29, 1.82) is 5.41 Å². The van der Waals surface area contributed by atoms with Crippen molar-refractivity contribution in [3.63, 3.8) is 0 Å². The Balaban J connectivity index is 2.69. The molecule has 17 heavy (non-hydrogen) atoms. The Hall–Kier alpha value is -1.51. The fourth-order valence-electron chi connectivity index (χ4n) is 1.73. The fraction of sp³-hybridized carbons (Fsp3) is 0.500. The minimum absolute atomic E-state index is 0.0801. The molecule has 0 aromatic heterocycles. The van der Waals surface area contributed by atoms with Crippen LogP contribution in [0.5, 0.6) is 5.75 Å². The van der Waals surface area contributed by atoms with E-state index in [1.807, 2.05) is 25.1 Å². The van der Waals surface area contributed by atoms with Gasteiger partial charge in [0.2, 0.25) is 0 Å². The first-order valence-corrected chi connectivity index (χ1v) is 6.12. The zero-order valence-corrected chi connectivity index (χ0v) is 10.9. The van der Waals surface area contributed by atoms with Crippen molar-refractivity contribution < 1.29 is 4.74 Å². The lowest BCUT2D eigenvalue weighted by Gasteiger charge is -2.14. The first-order chi connectivity index (χ1) is 8.04. The molecular formula is C14H22N2O. The van der Waals surface area contributed by atoms with Gasteiger partial charge < -0.3 is 10.5 Å². The first kappa shape index (κ1) is 13.6. The van der Waals surface area contributed by atoms with Crippen LogP contribution >= 0.6 is 0 Å². The number of benzene rings is 1. The summed E-state index contributed by atoms with van der Waals surface area (Å²) in [6.07, 6.45) is 2.35. The topological polar surface area (TPSA) is 59.1 Å². The van der Waals surface area contributed by atoms with Crippen molar-refractivity contribution in [2.24, 2.45) is 11.7 Å². The average Bonchev–Trinajstić information content (AvgIpc) is 2.28. The van der Waals surface area contributed by atoms with E-state index in [9.17, 15) is 0 Å². The molecule has 1 aromatic carbocycles. The first-order valence-electron chi connectivity index (χ1n) is 6.12. The number of nitrogens with one attached hydrogen (secondary N) is 1. The molecule has 0 spiro atoms. The minimum atomic E-state index is 0.0801. The maximum Gasteiger partial charge on any atom is 0.122 e. The van der Waals surface area contributed by atoms with Crippen LogP contribution in [0.15, 0.2) is 18.2 Å². The molecule has 0 amide bonds. The lowest BCUT2D eigenvalue weighted by molar-refractivity contribution is 0.250. The monoisotopic (exact) mass is 234 g/mol. The number of ether oxygens (including phenoxy) is 1. The molecule has 1 unspecified atom stereocenters. The number of aryl methyl sites for hydroxylation is 1. The van der Waals surface area contributed by atoms with Crippen LogP contribution in [0.25, 0.3) is 0 Å². The van der Waals surface area contributed by atoms with E-state index in [0.29, 0.717) is 11.5 Å². The van der Waals surface area contributed by atoms with Gasteiger partial charge in [-0.15, -0.1) is 0 Å². The lowest BCUT2D eigenvalue weighted by Crippen LogP contribution is -2.13. The largest absolute Gasteiger partial charge is 0.493 e. The summed E-state index contributed by atoms with van der Waals surface area (Å²) < 4.78 is 5.79. The van der Waals surface area contributed by atoms with E-state index < -0.39 is 0 Å². The number of nitrogen functional groups attached to an aromatic ring is 1. The SMILES string of the molecule is CCCC(C)COc1cc(C(=N)N)ccc1C. The number of nitrogens with two attached hydrogens (primary N) is 1. The van der Waals surface area contributed by atoms with E-state index >= 15 is 0 Å². The van der Waals surface area contributed by atoms with E-state index in [2.05, 4.69) is 13.8 Å². The summed E-state index contributed by atoms with van der Waals surface area (Å²) in [5, 5.41) is 7.41. The van der Waals surface area contributed by atoms with E-state index in [1.54, 1.807) is 0 Å². The van der Waals surface area contributed by atoms with Crippen molar-refractivity contribution in [2.45, 2.75) is 33.6 Å². The van der Waals surface area contributed by atoms with Gasteiger partial charge in [-0.05, 0) is 30.9 Å². The maximum atomic E-state index is 7.41. The third-order valence-electron chi connectivity index (χ3n) is 2.80. The minimum Gasteiger partial charge on any atom is -0.493 e. The highest BCUT2D eigenvalue weighted by Gasteiger charge is 2.06. The fourth-order valence-corrected chi connectivity index (χ4v) is 1.73. The molecule has 3 heteroatoms.